The van der Waals surface area contributed by atoms with Crippen LogP contribution < -0.4 is 0 Å². The van der Waals surface area contributed by atoms with Gasteiger partial charge in [-0.3, -0.25) is 0 Å². The van der Waals surface area contributed by atoms with Crippen molar-refractivity contribution in [2.75, 3.05) is 0 Å². The lowest BCUT2D eigenvalue weighted by atomic mass is 10.1. The van der Waals surface area contributed by atoms with Gasteiger partial charge in [-0.05, 0) is 12.0 Å². The summed E-state index contributed by atoms with van der Waals surface area (Å²) in [7, 11) is 0. The predicted octanol–water partition coefficient (Wildman–Crippen LogP) is 2.58. The molecule has 0 saturated heterocycles. The van der Waals surface area contributed by atoms with E-state index in [1.807, 2.05) is 18.2 Å². The van der Waals surface area contributed by atoms with E-state index in [4.69, 9.17) is 5.26 Å². The van der Waals surface area contributed by atoms with Gasteiger partial charge < -0.3 is 0 Å². The molecule has 0 spiro atoms. The van der Waals surface area contributed by atoms with Gasteiger partial charge in [0.15, 0.2) is 5.82 Å². The van der Waals surface area contributed by atoms with E-state index in [-0.39, 0.29) is 0 Å². The van der Waals surface area contributed by atoms with Crippen molar-refractivity contribution in [3.05, 3.63) is 47.8 Å². The first-order chi connectivity index (χ1) is 7.83. The second kappa shape index (κ2) is 4.54. The van der Waals surface area contributed by atoms with Gasteiger partial charge in [0.2, 0.25) is 0 Å². The van der Waals surface area contributed by atoms with Crippen LogP contribution in [0.25, 0.3) is 11.4 Å². The maximum atomic E-state index is 8.64. The maximum absolute atomic E-state index is 8.64. The van der Waals surface area contributed by atoms with Gasteiger partial charge in [-0.2, -0.15) is 5.26 Å². The number of rotatable bonds is 2. The first-order valence-electron chi connectivity index (χ1n) is 5.15. The Morgan fingerprint density at radius 2 is 1.75 bits per heavy atom. The van der Waals surface area contributed by atoms with Crippen molar-refractivity contribution in [1.29, 1.82) is 5.26 Å². The lowest BCUT2D eigenvalue weighted by molar-refractivity contribution is 1.13. The monoisotopic (exact) mass is 209 g/mol. The van der Waals surface area contributed by atoms with Crippen molar-refractivity contribution in [3.8, 4) is 17.5 Å². The van der Waals surface area contributed by atoms with Crippen LogP contribution in [-0.2, 0) is 6.42 Å². The van der Waals surface area contributed by atoms with Gasteiger partial charge in [-0.25, -0.2) is 9.97 Å². The highest BCUT2D eigenvalue weighted by Gasteiger charge is 2.00. The van der Waals surface area contributed by atoms with Crippen LogP contribution in [0.5, 0.6) is 0 Å². The SMILES string of the molecule is CCc1ccc(-c2ncc(C#N)cn2)cc1. The van der Waals surface area contributed by atoms with Crippen LogP contribution in [-0.4, -0.2) is 9.97 Å². The molecule has 0 aliphatic heterocycles. The fourth-order valence-corrected chi connectivity index (χ4v) is 1.42. The van der Waals surface area contributed by atoms with Gasteiger partial charge in [-0.15, -0.1) is 0 Å². The molecule has 2 aromatic rings. The highest BCUT2D eigenvalue weighted by Crippen LogP contribution is 2.15. The van der Waals surface area contributed by atoms with E-state index in [9.17, 15) is 0 Å². The van der Waals surface area contributed by atoms with Crippen LogP contribution in [0.1, 0.15) is 18.1 Å². The van der Waals surface area contributed by atoms with Crippen LogP contribution >= 0.6 is 0 Å². The highest BCUT2D eigenvalue weighted by molar-refractivity contribution is 5.55. The molecule has 3 nitrogen and oxygen atoms in total. The molecule has 0 aliphatic carbocycles. The predicted molar refractivity (Wildman–Crippen MR) is 61.6 cm³/mol. The summed E-state index contributed by atoms with van der Waals surface area (Å²) in [5.74, 6) is 0.654. The van der Waals surface area contributed by atoms with Gasteiger partial charge in [-0.1, -0.05) is 31.2 Å². The molecule has 0 aliphatic rings. The van der Waals surface area contributed by atoms with Crippen LogP contribution in [0.15, 0.2) is 36.7 Å². The molecule has 1 heterocycles. The van der Waals surface area contributed by atoms with E-state index in [1.165, 1.54) is 18.0 Å². The molecule has 0 bridgehead atoms. The van der Waals surface area contributed by atoms with Gasteiger partial charge in [0, 0.05) is 18.0 Å². The zero-order valence-electron chi connectivity index (χ0n) is 9.01. The van der Waals surface area contributed by atoms with E-state index >= 15 is 0 Å². The van der Waals surface area contributed by atoms with Gasteiger partial charge in [0.1, 0.15) is 6.07 Å². The van der Waals surface area contributed by atoms with E-state index in [2.05, 4.69) is 29.0 Å². The quantitative estimate of drug-likeness (QED) is 0.763. The first kappa shape index (κ1) is 10.3. The molecule has 1 aromatic heterocycles. The molecule has 0 radical (unpaired) electrons. The minimum absolute atomic E-state index is 0.480. The topological polar surface area (TPSA) is 49.6 Å². The molecule has 0 amide bonds. The standard InChI is InChI=1S/C13H11N3/c1-2-10-3-5-12(6-4-10)13-15-8-11(7-14)9-16-13/h3-6,8-9H,2H2,1H3. The summed E-state index contributed by atoms with van der Waals surface area (Å²) in [5, 5.41) is 8.64. The Labute approximate surface area is 94.4 Å². The van der Waals surface area contributed by atoms with Crippen molar-refractivity contribution >= 4 is 0 Å². The second-order valence-electron chi connectivity index (χ2n) is 3.46. The minimum Gasteiger partial charge on any atom is -0.235 e. The smallest absolute Gasteiger partial charge is 0.159 e. The van der Waals surface area contributed by atoms with Crippen LogP contribution in [0, 0.1) is 11.3 Å². The minimum atomic E-state index is 0.480. The Morgan fingerprint density at radius 3 is 2.25 bits per heavy atom. The van der Waals surface area contributed by atoms with Gasteiger partial charge in [0.25, 0.3) is 0 Å². The van der Waals surface area contributed by atoms with Crippen molar-refractivity contribution in [3.63, 3.8) is 0 Å². The van der Waals surface area contributed by atoms with Gasteiger partial charge >= 0.3 is 0 Å². The molecule has 0 atom stereocenters. The van der Waals surface area contributed by atoms with Gasteiger partial charge in [0.05, 0.1) is 5.56 Å². The summed E-state index contributed by atoms with van der Waals surface area (Å²) >= 11 is 0. The third-order valence-corrected chi connectivity index (χ3v) is 2.40. The van der Waals surface area contributed by atoms with Crippen LogP contribution in [0.2, 0.25) is 0 Å². The summed E-state index contributed by atoms with van der Waals surface area (Å²) in [6, 6.07) is 10.1. The Kier molecular flexibility index (Phi) is 2.93. The molecule has 3 heteroatoms. The molecule has 0 saturated carbocycles. The van der Waals surface area contributed by atoms with Crippen molar-refractivity contribution in [2.45, 2.75) is 13.3 Å². The third kappa shape index (κ3) is 2.06. The Morgan fingerprint density at radius 1 is 1.12 bits per heavy atom. The number of aryl methyl sites for hydroxylation is 1. The Bertz CT molecular complexity index is 506. The molecular weight excluding hydrogens is 198 g/mol. The van der Waals surface area contributed by atoms with Crippen LogP contribution in [0.3, 0.4) is 0 Å². The largest absolute Gasteiger partial charge is 0.235 e. The number of nitrogens with zero attached hydrogens (tertiary/aromatic N) is 3. The summed E-state index contributed by atoms with van der Waals surface area (Å²) < 4.78 is 0. The fourth-order valence-electron chi connectivity index (χ4n) is 1.42. The number of benzene rings is 1. The molecule has 0 fully saturated rings. The second-order valence-corrected chi connectivity index (χ2v) is 3.46. The zero-order chi connectivity index (χ0) is 11.4. The number of nitriles is 1. The van der Waals surface area contributed by atoms with Crippen LogP contribution in [0.4, 0.5) is 0 Å². The van der Waals surface area contributed by atoms with Crippen molar-refractivity contribution in [1.82, 2.24) is 9.97 Å². The van der Waals surface area contributed by atoms with E-state index in [0.717, 1.165) is 12.0 Å². The van der Waals surface area contributed by atoms with Crippen molar-refractivity contribution in [2.24, 2.45) is 0 Å². The highest BCUT2D eigenvalue weighted by atomic mass is 14.9. The zero-order valence-corrected chi connectivity index (χ0v) is 9.01. The first-order valence-corrected chi connectivity index (χ1v) is 5.15. The molecule has 0 unspecified atom stereocenters. The molecule has 16 heavy (non-hydrogen) atoms. The fraction of sp³-hybridized carbons (Fsp3) is 0.154. The summed E-state index contributed by atoms with van der Waals surface area (Å²) in [6.45, 7) is 2.12. The van der Waals surface area contributed by atoms with E-state index in [1.54, 1.807) is 0 Å². The molecule has 0 N–H and O–H groups in total. The lowest BCUT2D eigenvalue weighted by Crippen LogP contribution is -1.90. The number of hydrogen-bond donors (Lipinski definition) is 0. The summed E-state index contributed by atoms with van der Waals surface area (Å²) in [4.78, 5) is 8.28. The normalized spacial score (nSPS) is 9.75. The molecule has 1 aromatic carbocycles. The molecule has 2 rings (SSSR count). The van der Waals surface area contributed by atoms with Crippen molar-refractivity contribution < 1.29 is 0 Å². The number of aromatic nitrogens is 2. The summed E-state index contributed by atoms with van der Waals surface area (Å²) in [5.41, 5.74) is 2.74. The average Bonchev–Trinajstić information content (AvgIpc) is 2.39. The Balaban J connectivity index is 2.32. The molecule has 78 valence electrons. The lowest BCUT2D eigenvalue weighted by Gasteiger charge is -2.01. The Hall–Kier alpha value is -2.21. The number of hydrogen-bond acceptors (Lipinski definition) is 3. The third-order valence-electron chi connectivity index (χ3n) is 2.40. The van der Waals surface area contributed by atoms with E-state index in [0.29, 0.717) is 11.4 Å². The average molecular weight is 209 g/mol. The maximum Gasteiger partial charge on any atom is 0.159 e. The van der Waals surface area contributed by atoms with E-state index < -0.39 is 0 Å². The summed E-state index contributed by atoms with van der Waals surface area (Å²) in [6.07, 6.45) is 4.10. The molecular formula is C13H11N3.